The number of rotatable bonds is 13. The number of carboxylic acids is 1. The van der Waals surface area contributed by atoms with E-state index in [1.54, 1.807) is 0 Å². The van der Waals surface area contributed by atoms with Gasteiger partial charge in [0.2, 0.25) is 17.7 Å². The molecular formula is C20H37N5O5S. The van der Waals surface area contributed by atoms with Crippen molar-refractivity contribution in [2.45, 2.75) is 76.5 Å². The van der Waals surface area contributed by atoms with Gasteiger partial charge in [0.05, 0.1) is 6.04 Å². The second kappa shape index (κ2) is 13.5. The maximum atomic E-state index is 13.2. The molecule has 0 aliphatic carbocycles. The van der Waals surface area contributed by atoms with Crippen LogP contribution in [0.25, 0.3) is 0 Å². The number of nitrogens with two attached hydrogens (primary N) is 2. The normalized spacial score (nSPS) is 19.9. The molecule has 178 valence electrons. The first-order chi connectivity index (χ1) is 14.7. The van der Waals surface area contributed by atoms with Gasteiger partial charge in [-0.2, -0.15) is 12.6 Å². The standard InChI is InChI=1S/C20H37N5O5S/c1-3-12(2)16(19(28)25-10-6-8-15(25)20(29)30)24-18(27)14(7-4-5-9-21)23-17(26)13(22)11-31/h12-16,31H,3-11,21-22H2,1-2H3,(H,23,26)(H,24,27)(H,29,30). The predicted octanol–water partition coefficient (Wildman–Crippen LogP) is -0.536. The number of thiol groups is 1. The van der Waals surface area contributed by atoms with Crippen LogP contribution in [0.4, 0.5) is 0 Å². The van der Waals surface area contributed by atoms with Crippen LogP contribution >= 0.6 is 12.6 Å². The lowest BCUT2D eigenvalue weighted by Crippen LogP contribution is -2.58. The summed E-state index contributed by atoms with van der Waals surface area (Å²) in [5.74, 6) is -2.55. The average molecular weight is 460 g/mol. The van der Waals surface area contributed by atoms with Crippen LogP contribution in [0.5, 0.6) is 0 Å². The molecular weight excluding hydrogens is 422 g/mol. The number of carbonyl (C=O) groups excluding carboxylic acids is 3. The monoisotopic (exact) mass is 459 g/mol. The summed E-state index contributed by atoms with van der Waals surface area (Å²) in [6.45, 7) is 4.51. The van der Waals surface area contributed by atoms with E-state index in [1.165, 1.54) is 4.90 Å². The minimum Gasteiger partial charge on any atom is -0.480 e. The van der Waals surface area contributed by atoms with E-state index in [9.17, 15) is 24.3 Å². The zero-order valence-electron chi connectivity index (χ0n) is 18.4. The van der Waals surface area contributed by atoms with Crippen molar-refractivity contribution < 1.29 is 24.3 Å². The highest BCUT2D eigenvalue weighted by molar-refractivity contribution is 7.80. The van der Waals surface area contributed by atoms with Crippen molar-refractivity contribution in [3.63, 3.8) is 0 Å². The topological polar surface area (TPSA) is 168 Å². The minimum atomic E-state index is -1.05. The van der Waals surface area contributed by atoms with Gasteiger partial charge in [-0.05, 0) is 44.6 Å². The van der Waals surface area contributed by atoms with Gasteiger partial charge in [0, 0.05) is 12.3 Å². The van der Waals surface area contributed by atoms with E-state index < -0.39 is 47.9 Å². The van der Waals surface area contributed by atoms with Crippen LogP contribution in [0.2, 0.25) is 0 Å². The van der Waals surface area contributed by atoms with Crippen LogP contribution in [0, 0.1) is 5.92 Å². The number of amides is 3. The first kappa shape index (κ1) is 27.2. The van der Waals surface area contributed by atoms with Crippen LogP contribution < -0.4 is 22.1 Å². The third kappa shape index (κ3) is 7.97. The van der Waals surface area contributed by atoms with Crippen LogP contribution in [-0.2, 0) is 19.2 Å². The quantitative estimate of drug-likeness (QED) is 0.159. The van der Waals surface area contributed by atoms with E-state index >= 15 is 0 Å². The Labute approximate surface area is 189 Å². The molecule has 5 unspecified atom stereocenters. The number of hydrogen-bond acceptors (Lipinski definition) is 7. The van der Waals surface area contributed by atoms with Crippen molar-refractivity contribution in [2.24, 2.45) is 17.4 Å². The Hall–Kier alpha value is -1.85. The number of likely N-dealkylation sites (tertiary alicyclic amines) is 1. The van der Waals surface area contributed by atoms with Crippen LogP contribution in [0.3, 0.4) is 0 Å². The molecule has 0 bridgehead atoms. The first-order valence-electron chi connectivity index (χ1n) is 10.9. The van der Waals surface area contributed by atoms with Crippen LogP contribution in [0.15, 0.2) is 0 Å². The Morgan fingerprint density at radius 3 is 2.42 bits per heavy atom. The van der Waals surface area contributed by atoms with E-state index in [0.29, 0.717) is 51.6 Å². The second-order valence-electron chi connectivity index (χ2n) is 8.03. The van der Waals surface area contributed by atoms with Gasteiger partial charge in [-0.15, -0.1) is 0 Å². The molecule has 10 nitrogen and oxygen atoms in total. The molecule has 31 heavy (non-hydrogen) atoms. The molecule has 0 aromatic carbocycles. The summed E-state index contributed by atoms with van der Waals surface area (Å²) < 4.78 is 0. The zero-order chi connectivity index (χ0) is 23.6. The number of unbranched alkanes of at least 4 members (excludes halogenated alkanes) is 1. The molecule has 1 rings (SSSR count). The number of nitrogens with zero attached hydrogens (tertiary/aromatic N) is 1. The van der Waals surface area contributed by atoms with Gasteiger partial charge in [0.1, 0.15) is 18.1 Å². The van der Waals surface area contributed by atoms with E-state index in [-0.39, 0.29) is 11.7 Å². The fraction of sp³-hybridized carbons (Fsp3) is 0.800. The van der Waals surface area contributed by atoms with E-state index in [0.717, 1.165) is 0 Å². The Morgan fingerprint density at radius 2 is 1.87 bits per heavy atom. The van der Waals surface area contributed by atoms with E-state index in [4.69, 9.17) is 11.5 Å². The molecule has 7 N–H and O–H groups in total. The summed E-state index contributed by atoms with van der Waals surface area (Å²) in [5.41, 5.74) is 11.2. The molecule has 1 fully saturated rings. The summed E-state index contributed by atoms with van der Waals surface area (Å²) in [6.07, 6.45) is 3.24. The number of nitrogens with one attached hydrogen (secondary N) is 2. The summed E-state index contributed by atoms with van der Waals surface area (Å²) in [5, 5.41) is 14.8. The van der Waals surface area contributed by atoms with Crippen molar-refractivity contribution in [3.05, 3.63) is 0 Å². The lowest BCUT2D eigenvalue weighted by molar-refractivity contribution is -0.150. The third-order valence-corrected chi connectivity index (χ3v) is 6.10. The van der Waals surface area contributed by atoms with Gasteiger partial charge in [-0.1, -0.05) is 20.3 Å². The molecule has 11 heteroatoms. The number of carbonyl (C=O) groups is 4. The van der Waals surface area contributed by atoms with E-state index in [1.807, 2.05) is 13.8 Å². The average Bonchev–Trinajstić information content (AvgIpc) is 3.25. The largest absolute Gasteiger partial charge is 0.480 e. The maximum Gasteiger partial charge on any atom is 0.326 e. The Bertz CT molecular complexity index is 635. The maximum absolute atomic E-state index is 13.2. The molecule has 0 radical (unpaired) electrons. The molecule has 5 atom stereocenters. The van der Waals surface area contributed by atoms with Gasteiger partial charge in [-0.25, -0.2) is 4.79 Å². The molecule has 1 heterocycles. The minimum absolute atomic E-state index is 0.127. The van der Waals surface area contributed by atoms with Crippen molar-refractivity contribution in [1.82, 2.24) is 15.5 Å². The highest BCUT2D eigenvalue weighted by Gasteiger charge is 2.39. The third-order valence-electron chi connectivity index (χ3n) is 5.71. The molecule has 0 aromatic heterocycles. The van der Waals surface area contributed by atoms with Crippen LogP contribution in [0.1, 0.15) is 52.4 Å². The van der Waals surface area contributed by atoms with Gasteiger partial charge in [0.25, 0.3) is 0 Å². The highest BCUT2D eigenvalue weighted by Crippen LogP contribution is 2.21. The molecule has 0 aromatic rings. The Morgan fingerprint density at radius 1 is 1.19 bits per heavy atom. The molecule has 1 aliphatic rings. The van der Waals surface area contributed by atoms with E-state index in [2.05, 4.69) is 23.3 Å². The van der Waals surface area contributed by atoms with Crippen molar-refractivity contribution in [3.8, 4) is 0 Å². The number of carboxylic acid groups (broad SMARTS) is 1. The summed E-state index contributed by atoms with van der Waals surface area (Å²) in [7, 11) is 0. The van der Waals surface area contributed by atoms with Crippen molar-refractivity contribution in [2.75, 3.05) is 18.8 Å². The number of hydrogen-bond donors (Lipinski definition) is 6. The molecule has 1 aliphatic heterocycles. The van der Waals surface area contributed by atoms with Gasteiger partial charge < -0.3 is 32.1 Å². The lowest BCUT2D eigenvalue weighted by Gasteiger charge is -2.31. The lowest BCUT2D eigenvalue weighted by atomic mass is 9.96. The number of aliphatic carboxylic acids is 1. The summed E-state index contributed by atoms with van der Waals surface area (Å²) >= 11 is 4.01. The van der Waals surface area contributed by atoms with Gasteiger partial charge in [0.15, 0.2) is 0 Å². The second-order valence-corrected chi connectivity index (χ2v) is 8.40. The highest BCUT2D eigenvalue weighted by atomic mass is 32.1. The smallest absolute Gasteiger partial charge is 0.326 e. The summed E-state index contributed by atoms with van der Waals surface area (Å²) in [4.78, 5) is 51.3. The molecule has 0 saturated carbocycles. The van der Waals surface area contributed by atoms with Gasteiger partial charge in [-0.3, -0.25) is 14.4 Å². The molecule has 1 saturated heterocycles. The molecule has 3 amide bonds. The molecule has 0 spiro atoms. The Balaban J connectivity index is 2.99. The SMILES string of the molecule is CCC(C)C(NC(=O)C(CCCCN)NC(=O)C(N)CS)C(=O)N1CCCC1C(=O)O. The Kier molecular flexibility index (Phi) is 11.9. The zero-order valence-corrected chi connectivity index (χ0v) is 19.3. The summed E-state index contributed by atoms with van der Waals surface area (Å²) in [6, 6.07) is -3.51. The fourth-order valence-corrected chi connectivity index (χ4v) is 3.69. The van der Waals surface area contributed by atoms with Crippen LogP contribution in [-0.4, -0.2) is 76.7 Å². The fourth-order valence-electron chi connectivity index (χ4n) is 3.53. The van der Waals surface area contributed by atoms with Crippen molar-refractivity contribution in [1.29, 1.82) is 0 Å². The first-order valence-corrected chi connectivity index (χ1v) is 11.5. The van der Waals surface area contributed by atoms with Crippen molar-refractivity contribution >= 4 is 36.3 Å². The van der Waals surface area contributed by atoms with Gasteiger partial charge >= 0.3 is 5.97 Å². The predicted molar refractivity (Wildman–Crippen MR) is 120 cm³/mol.